The summed E-state index contributed by atoms with van der Waals surface area (Å²) >= 11 is 0. The van der Waals surface area contributed by atoms with Crippen LogP contribution in [-0.4, -0.2) is 47.8 Å². The SMILES string of the molecule is CCc1c(C(=O)N(C)CCNC)cnn1-c1ccc(F)cc1.Cl. The number of aromatic nitrogens is 2. The van der Waals surface area contributed by atoms with Crippen molar-refractivity contribution in [1.82, 2.24) is 20.0 Å². The van der Waals surface area contributed by atoms with E-state index in [9.17, 15) is 9.18 Å². The second-order valence-electron chi connectivity index (χ2n) is 5.08. The number of nitrogens with one attached hydrogen (secondary N) is 1. The lowest BCUT2D eigenvalue weighted by atomic mass is 10.1. The maximum atomic E-state index is 13.0. The minimum atomic E-state index is -0.294. The van der Waals surface area contributed by atoms with Crippen LogP contribution in [0.3, 0.4) is 0 Å². The highest BCUT2D eigenvalue weighted by molar-refractivity contribution is 5.95. The van der Waals surface area contributed by atoms with Crippen LogP contribution in [0.2, 0.25) is 0 Å². The molecule has 0 aliphatic carbocycles. The molecule has 0 saturated carbocycles. The Kier molecular flexibility index (Phi) is 7.19. The number of amides is 1. The molecule has 0 aliphatic rings. The first-order valence-electron chi connectivity index (χ1n) is 7.31. The van der Waals surface area contributed by atoms with Gasteiger partial charge in [0, 0.05) is 20.1 Å². The van der Waals surface area contributed by atoms with Crippen molar-refractivity contribution < 1.29 is 9.18 Å². The largest absolute Gasteiger partial charge is 0.340 e. The lowest BCUT2D eigenvalue weighted by Crippen LogP contribution is -2.33. The molecule has 7 heteroatoms. The summed E-state index contributed by atoms with van der Waals surface area (Å²) in [6.45, 7) is 3.33. The summed E-state index contributed by atoms with van der Waals surface area (Å²) in [6.07, 6.45) is 2.25. The molecule has 1 heterocycles. The fraction of sp³-hybridized carbons (Fsp3) is 0.375. The molecule has 23 heavy (non-hydrogen) atoms. The third-order valence-electron chi connectivity index (χ3n) is 3.55. The van der Waals surface area contributed by atoms with Gasteiger partial charge in [0.2, 0.25) is 0 Å². The van der Waals surface area contributed by atoms with E-state index in [2.05, 4.69) is 10.4 Å². The quantitative estimate of drug-likeness (QED) is 0.877. The zero-order chi connectivity index (χ0) is 16.1. The number of hydrogen-bond donors (Lipinski definition) is 1. The van der Waals surface area contributed by atoms with Crippen molar-refractivity contribution in [3.05, 3.63) is 47.5 Å². The molecule has 0 spiro atoms. The van der Waals surface area contributed by atoms with Gasteiger partial charge in [-0.2, -0.15) is 5.10 Å². The first kappa shape index (κ1) is 19.1. The summed E-state index contributed by atoms with van der Waals surface area (Å²) in [5, 5.41) is 7.32. The smallest absolute Gasteiger partial charge is 0.257 e. The Morgan fingerprint density at radius 2 is 2.00 bits per heavy atom. The number of halogens is 2. The zero-order valence-electron chi connectivity index (χ0n) is 13.5. The van der Waals surface area contributed by atoms with Crippen LogP contribution in [-0.2, 0) is 6.42 Å². The Hall–Kier alpha value is -1.92. The summed E-state index contributed by atoms with van der Waals surface area (Å²) in [4.78, 5) is 14.2. The lowest BCUT2D eigenvalue weighted by molar-refractivity contribution is 0.0795. The standard InChI is InChI=1S/C16H21FN4O.ClH/c1-4-15-14(16(22)20(3)10-9-18-2)11-19-21(15)13-7-5-12(17)6-8-13;/h5-8,11,18H,4,9-10H2,1-3H3;1H. The van der Waals surface area contributed by atoms with Gasteiger partial charge in [0.05, 0.1) is 23.1 Å². The van der Waals surface area contributed by atoms with Crippen LogP contribution in [0, 0.1) is 5.82 Å². The molecule has 5 nitrogen and oxygen atoms in total. The number of benzene rings is 1. The molecule has 0 aliphatic heterocycles. The Morgan fingerprint density at radius 3 is 2.57 bits per heavy atom. The van der Waals surface area contributed by atoms with E-state index in [0.717, 1.165) is 17.9 Å². The molecule has 126 valence electrons. The van der Waals surface area contributed by atoms with Gasteiger partial charge >= 0.3 is 0 Å². The average Bonchev–Trinajstić information content (AvgIpc) is 2.96. The van der Waals surface area contributed by atoms with E-state index in [1.54, 1.807) is 35.0 Å². The van der Waals surface area contributed by atoms with Crippen LogP contribution < -0.4 is 5.32 Å². The number of nitrogens with zero attached hydrogens (tertiary/aromatic N) is 3. The molecule has 0 fully saturated rings. The van der Waals surface area contributed by atoms with Crippen molar-refractivity contribution >= 4 is 18.3 Å². The summed E-state index contributed by atoms with van der Waals surface area (Å²) in [5.41, 5.74) is 2.16. The van der Waals surface area contributed by atoms with Crippen molar-refractivity contribution in [2.24, 2.45) is 0 Å². The summed E-state index contributed by atoms with van der Waals surface area (Å²) in [5.74, 6) is -0.350. The number of hydrogen-bond acceptors (Lipinski definition) is 3. The normalized spacial score (nSPS) is 10.3. The van der Waals surface area contributed by atoms with Crippen molar-refractivity contribution in [3.8, 4) is 5.69 Å². The van der Waals surface area contributed by atoms with Crippen molar-refractivity contribution in [3.63, 3.8) is 0 Å². The third kappa shape index (κ3) is 4.30. The van der Waals surface area contributed by atoms with Gasteiger partial charge in [-0.15, -0.1) is 12.4 Å². The van der Waals surface area contributed by atoms with Crippen molar-refractivity contribution in [1.29, 1.82) is 0 Å². The summed E-state index contributed by atoms with van der Waals surface area (Å²) in [6, 6.07) is 6.08. The Labute approximate surface area is 141 Å². The molecule has 1 aromatic heterocycles. The molecular weight excluding hydrogens is 319 g/mol. The second-order valence-corrected chi connectivity index (χ2v) is 5.08. The van der Waals surface area contributed by atoms with E-state index in [-0.39, 0.29) is 24.1 Å². The molecule has 1 N–H and O–H groups in total. The van der Waals surface area contributed by atoms with Gasteiger partial charge in [0.15, 0.2) is 0 Å². The fourth-order valence-electron chi connectivity index (χ4n) is 2.28. The fourth-order valence-corrected chi connectivity index (χ4v) is 2.28. The van der Waals surface area contributed by atoms with Crippen LogP contribution in [0.5, 0.6) is 0 Å². The van der Waals surface area contributed by atoms with Crippen LogP contribution >= 0.6 is 12.4 Å². The monoisotopic (exact) mass is 340 g/mol. The molecule has 0 radical (unpaired) electrons. The van der Waals surface area contributed by atoms with Gasteiger partial charge in [-0.05, 0) is 37.7 Å². The van der Waals surface area contributed by atoms with Gasteiger partial charge in [-0.1, -0.05) is 6.92 Å². The Morgan fingerprint density at radius 1 is 1.35 bits per heavy atom. The van der Waals surface area contributed by atoms with E-state index >= 15 is 0 Å². The third-order valence-corrected chi connectivity index (χ3v) is 3.55. The van der Waals surface area contributed by atoms with E-state index in [0.29, 0.717) is 18.5 Å². The van der Waals surface area contributed by atoms with E-state index < -0.39 is 0 Å². The molecule has 2 rings (SSSR count). The number of rotatable bonds is 6. The van der Waals surface area contributed by atoms with Gasteiger partial charge in [-0.25, -0.2) is 9.07 Å². The van der Waals surface area contributed by atoms with Crippen molar-refractivity contribution in [2.45, 2.75) is 13.3 Å². The average molecular weight is 341 g/mol. The minimum Gasteiger partial charge on any atom is -0.340 e. The molecule has 0 bridgehead atoms. The first-order valence-corrected chi connectivity index (χ1v) is 7.31. The number of carbonyl (C=O) groups is 1. The Balaban J connectivity index is 0.00000264. The van der Waals surface area contributed by atoms with Crippen LogP contribution in [0.4, 0.5) is 4.39 Å². The molecule has 1 amide bonds. The van der Waals surface area contributed by atoms with E-state index in [1.165, 1.54) is 12.1 Å². The van der Waals surface area contributed by atoms with Gasteiger partial charge in [-0.3, -0.25) is 4.79 Å². The molecular formula is C16H22ClFN4O. The molecule has 0 unspecified atom stereocenters. The molecule has 1 aromatic carbocycles. The zero-order valence-corrected chi connectivity index (χ0v) is 14.4. The highest BCUT2D eigenvalue weighted by Crippen LogP contribution is 2.17. The first-order chi connectivity index (χ1) is 10.6. The van der Waals surface area contributed by atoms with Crippen LogP contribution in [0.25, 0.3) is 5.69 Å². The predicted octanol–water partition coefficient (Wildman–Crippen LogP) is 2.29. The van der Waals surface area contributed by atoms with E-state index in [4.69, 9.17) is 0 Å². The predicted molar refractivity (Wildman–Crippen MR) is 91.0 cm³/mol. The summed E-state index contributed by atoms with van der Waals surface area (Å²) in [7, 11) is 3.62. The van der Waals surface area contributed by atoms with Crippen molar-refractivity contribution in [2.75, 3.05) is 27.2 Å². The number of carbonyl (C=O) groups excluding carboxylic acids is 1. The molecule has 0 saturated heterocycles. The maximum absolute atomic E-state index is 13.0. The highest BCUT2D eigenvalue weighted by atomic mass is 35.5. The molecule has 2 aromatic rings. The summed E-state index contributed by atoms with van der Waals surface area (Å²) < 4.78 is 14.7. The Bertz CT molecular complexity index is 642. The lowest BCUT2D eigenvalue weighted by Gasteiger charge is -2.17. The van der Waals surface area contributed by atoms with E-state index in [1.807, 2.05) is 14.0 Å². The van der Waals surface area contributed by atoms with Gasteiger partial charge < -0.3 is 10.2 Å². The highest BCUT2D eigenvalue weighted by Gasteiger charge is 2.19. The minimum absolute atomic E-state index is 0. The number of likely N-dealkylation sites (N-methyl/N-ethyl adjacent to an activating group) is 2. The van der Waals surface area contributed by atoms with Gasteiger partial charge in [0.1, 0.15) is 5.82 Å². The molecule has 0 atom stereocenters. The van der Waals surface area contributed by atoms with Crippen LogP contribution in [0.1, 0.15) is 23.0 Å². The topological polar surface area (TPSA) is 50.2 Å². The maximum Gasteiger partial charge on any atom is 0.257 e. The second kappa shape index (κ2) is 8.64. The van der Waals surface area contributed by atoms with Gasteiger partial charge in [0.25, 0.3) is 5.91 Å². The van der Waals surface area contributed by atoms with Crippen LogP contribution in [0.15, 0.2) is 30.5 Å².